The lowest BCUT2D eigenvalue weighted by molar-refractivity contribution is -0.139. The summed E-state index contributed by atoms with van der Waals surface area (Å²) in [7, 11) is 0. The molecule has 0 unspecified atom stereocenters. The smallest absolute Gasteiger partial charge is 0.254 e. The lowest BCUT2D eigenvalue weighted by Crippen LogP contribution is -2.33. The largest absolute Gasteiger partial charge is 0.269 e. The Morgan fingerprint density at radius 1 is 0.917 bits per heavy atom. The zero-order valence-corrected chi connectivity index (χ0v) is 15.6. The minimum atomic E-state index is -0.185. The van der Waals surface area contributed by atoms with Crippen LogP contribution in [0, 0.1) is 0 Å². The molecule has 3 rings (SSSR count). The number of hydrogen-bond donors (Lipinski definition) is 0. The molecule has 3 nitrogen and oxygen atoms in total. The summed E-state index contributed by atoms with van der Waals surface area (Å²) in [4.78, 5) is 25.6. The Morgan fingerprint density at radius 3 is 2.00 bits per heavy atom. The summed E-state index contributed by atoms with van der Waals surface area (Å²) in [5.74, 6) is -0.370. The van der Waals surface area contributed by atoms with E-state index in [2.05, 4.69) is 53.7 Å². The number of carbonyl (C=O) groups is 2. The maximum atomic E-state index is 12.1. The van der Waals surface area contributed by atoms with Gasteiger partial charge in [0.15, 0.2) is 0 Å². The Kier molecular flexibility index (Phi) is 3.74. The molecule has 1 atom stereocenters. The zero-order valence-electron chi connectivity index (χ0n) is 15.6. The van der Waals surface area contributed by atoms with E-state index in [-0.39, 0.29) is 28.7 Å². The highest BCUT2D eigenvalue weighted by Gasteiger charge is 2.39. The van der Waals surface area contributed by atoms with Gasteiger partial charge < -0.3 is 0 Å². The van der Waals surface area contributed by atoms with E-state index < -0.39 is 0 Å². The number of benzene rings is 1. The molecule has 0 spiro atoms. The highest BCUT2D eigenvalue weighted by molar-refractivity contribution is 6.13. The first-order chi connectivity index (χ1) is 11.0. The summed E-state index contributed by atoms with van der Waals surface area (Å²) in [6, 6.07) is 4.22. The molecule has 1 aliphatic heterocycles. The lowest BCUT2D eigenvalue weighted by Gasteiger charge is -2.33. The van der Waals surface area contributed by atoms with Gasteiger partial charge in [-0.3, -0.25) is 14.5 Å². The second kappa shape index (κ2) is 5.30. The third-order valence-electron chi connectivity index (χ3n) is 5.09. The van der Waals surface area contributed by atoms with Gasteiger partial charge in [-0.05, 0) is 45.9 Å². The predicted molar refractivity (Wildman–Crippen MR) is 95.9 cm³/mol. The van der Waals surface area contributed by atoms with Crippen molar-refractivity contribution in [1.29, 1.82) is 0 Å². The fourth-order valence-corrected chi connectivity index (χ4v) is 4.15. The normalized spacial score (nSPS) is 20.9. The van der Waals surface area contributed by atoms with Gasteiger partial charge >= 0.3 is 0 Å². The quantitative estimate of drug-likeness (QED) is 0.726. The van der Waals surface area contributed by atoms with Gasteiger partial charge in [0.25, 0.3) is 11.8 Å². The number of fused-ring (bicyclic) bond motifs is 1. The van der Waals surface area contributed by atoms with Gasteiger partial charge in [-0.25, -0.2) is 0 Å². The van der Waals surface area contributed by atoms with Crippen molar-refractivity contribution in [2.24, 2.45) is 0 Å². The van der Waals surface area contributed by atoms with E-state index in [0.29, 0.717) is 0 Å². The molecule has 24 heavy (non-hydrogen) atoms. The van der Waals surface area contributed by atoms with Crippen LogP contribution in [0.5, 0.6) is 0 Å². The van der Waals surface area contributed by atoms with Gasteiger partial charge in [-0.2, -0.15) is 0 Å². The fraction of sp³-hybridized carbons (Fsp3) is 0.524. The summed E-state index contributed by atoms with van der Waals surface area (Å²) in [6.45, 7) is 13.5. The second-order valence-corrected chi connectivity index (χ2v) is 8.99. The second-order valence-electron chi connectivity index (χ2n) is 8.99. The third-order valence-corrected chi connectivity index (χ3v) is 5.09. The molecule has 3 heteroatoms. The molecule has 0 fully saturated rings. The van der Waals surface area contributed by atoms with Crippen LogP contribution >= 0.6 is 0 Å². The summed E-state index contributed by atoms with van der Waals surface area (Å²) >= 11 is 0. The van der Waals surface area contributed by atoms with Crippen molar-refractivity contribution in [2.45, 2.75) is 71.3 Å². The van der Waals surface area contributed by atoms with Crippen molar-refractivity contribution >= 4 is 11.8 Å². The first-order valence-electron chi connectivity index (χ1n) is 8.74. The summed E-state index contributed by atoms with van der Waals surface area (Å²) in [5.41, 5.74) is 5.34. The maximum Gasteiger partial charge on any atom is 0.254 e. The van der Waals surface area contributed by atoms with Crippen molar-refractivity contribution in [3.05, 3.63) is 46.5 Å². The minimum Gasteiger partial charge on any atom is -0.269 e. The van der Waals surface area contributed by atoms with Crippen LogP contribution in [-0.4, -0.2) is 16.7 Å². The fourth-order valence-electron chi connectivity index (χ4n) is 4.15. The van der Waals surface area contributed by atoms with Gasteiger partial charge in [-0.15, -0.1) is 0 Å². The van der Waals surface area contributed by atoms with Crippen molar-refractivity contribution in [3.8, 4) is 0 Å². The zero-order chi connectivity index (χ0) is 17.9. The van der Waals surface area contributed by atoms with Gasteiger partial charge in [-0.1, -0.05) is 53.7 Å². The number of rotatable bonds is 1. The van der Waals surface area contributed by atoms with E-state index in [4.69, 9.17) is 0 Å². The molecule has 0 saturated heterocycles. The van der Waals surface area contributed by atoms with Crippen LogP contribution in [0.25, 0.3) is 0 Å². The molecule has 128 valence electrons. The molecule has 0 aromatic heterocycles. The molecule has 0 N–H and O–H groups in total. The van der Waals surface area contributed by atoms with E-state index >= 15 is 0 Å². The first-order valence-corrected chi connectivity index (χ1v) is 8.74. The van der Waals surface area contributed by atoms with E-state index in [1.807, 2.05) is 0 Å². The van der Waals surface area contributed by atoms with Crippen LogP contribution in [-0.2, 0) is 26.8 Å². The molecular weight excluding hydrogens is 298 g/mol. The average molecular weight is 325 g/mol. The Labute approximate surface area is 144 Å². The molecule has 1 aromatic carbocycles. The summed E-state index contributed by atoms with van der Waals surface area (Å²) < 4.78 is 0. The van der Waals surface area contributed by atoms with Gasteiger partial charge in [0.1, 0.15) is 0 Å². The highest BCUT2D eigenvalue weighted by atomic mass is 16.2. The minimum absolute atomic E-state index is 0.0279. The number of nitrogens with zero attached hydrogens (tertiary/aromatic N) is 1. The average Bonchev–Trinajstić information content (AvgIpc) is 2.99. The van der Waals surface area contributed by atoms with E-state index in [1.54, 1.807) is 0 Å². The monoisotopic (exact) mass is 325 g/mol. The van der Waals surface area contributed by atoms with Gasteiger partial charge in [0.05, 0.1) is 6.04 Å². The van der Waals surface area contributed by atoms with Crippen LogP contribution in [0.1, 0.15) is 76.3 Å². The molecule has 1 aliphatic carbocycles. The highest BCUT2D eigenvalue weighted by Crippen LogP contribution is 2.45. The molecule has 0 saturated carbocycles. The number of imide groups is 1. The molecular formula is C21H27NO2. The van der Waals surface area contributed by atoms with Crippen LogP contribution in [0.4, 0.5) is 0 Å². The van der Waals surface area contributed by atoms with Crippen LogP contribution in [0.3, 0.4) is 0 Å². The summed E-state index contributed by atoms with van der Waals surface area (Å²) in [6.07, 6.45) is 4.52. The van der Waals surface area contributed by atoms with Gasteiger partial charge in [0.2, 0.25) is 0 Å². The standard InChI is InChI=1S/C21H27NO2/c1-20(2,3)15-9-7-13-14(19(15)21(4,5)6)8-10-16(13)22-17(23)11-12-18(22)24/h7,9,11-12,16H,8,10H2,1-6H3/t16-/m0/s1. The predicted octanol–water partition coefficient (Wildman–Crippen LogP) is 4.19. The number of amides is 2. The molecule has 1 heterocycles. The van der Waals surface area contributed by atoms with Crippen LogP contribution in [0.2, 0.25) is 0 Å². The Morgan fingerprint density at radius 2 is 1.50 bits per heavy atom. The Bertz CT molecular complexity index is 726. The van der Waals surface area contributed by atoms with Crippen LogP contribution < -0.4 is 0 Å². The third kappa shape index (κ3) is 2.60. The maximum absolute atomic E-state index is 12.1. The molecule has 0 bridgehead atoms. The molecule has 2 aliphatic rings. The topological polar surface area (TPSA) is 37.4 Å². The van der Waals surface area contributed by atoms with Crippen molar-refractivity contribution in [3.63, 3.8) is 0 Å². The van der Waals surface area contributed by atoms with Crippen molar-refractivity contribution < 1.29 is 9.59 Å². The first kappa shape index (κ1) is 16.9. The van der Waals surface area contributed by atoms with Crippen molar-refractivity contribution in [2.75, 3.05) is 0 Å². The van der Waals surface area contributed by atoms with E-state index in [0.717, 1.165) is 18.4 Å². The van der Waals surface area contributed by atoms with Crippen LogP contribution in [0.15, 0.2) is 24.3 Å². The molecule has 0 radical (unpaired) electrons. The van der Waals surface area contributed by atoms with Gasteiger partial charge in [0, 0.05) is 12.2 Å². The Balaban J connectivity index is 2.15. The van der Waals surface area contributed by atoms with E-state index in [9.17, 15) is 9.59 Å². The van der Waals surface area contributed by atoms with E-state index in [1.165, 1.54) is 33.7 Å². The Hall–Kier alpha value is -1.90. The van der Waals surface area contributed by atoms with Crippen molar-refractivity contribution in [1.82, 2.24) is 4.90 Å². The SMILES string of the molecule is CC(C)(C)c1ccc2c(c1C(C)(C)C)CC[C@@H]2N1C(=O)C=CC1=O. The number of carbonyl (C=O) groups excluding carboxylic acids is 2. The summed E-state index contributed by atoms with van der Waals surface area (Å²) in [5, 5.41) is 0. The lowest BCUT2D eigenvalue weighted by atomic mass is 9.72. The molecule has 1 aromatic rings. The number of hydrogen-bond acceptors (Lipinski definition) is 2. The molecule has 2 amide bonds.